The van der Waals surface area contributed by atoms with Crippen molar-refractivity contribution in [2.75, 3.05) is 25.6 Å². The molecule has 240 valence electrons. The van der Waals surface area contributed by atoms with Crippen LogP contribution in [0.25, 0.3) is 0 Å². The third-order valence-corrected chi connectivity index (χ3v) is 5.65. The highest BCUT2D eigenvalue weighted by molar-refractivity contribution is 6.06. The van der Waals surface area contributed by atoms with E-state index < -0.39 is 33.4 Å². The number of aromatic hydroxyl groups is 1. The van der Waals surface area contributed by atoms with Gasteiger partial charge in [0.2, 0.25) is 0 Å². The first-order valence-electron chi connectivity index (χ1n) is 13.4. The average Bonchev–Trinajstić information content (AvgIpc) is 2.99. The number of nitrogens with zero attached hydrogens (tertiary/aromatic N) is 2. The molecule has 3 aromatic carbocycles. The van der Waals surface area contributed by atoms with Crippen LogP contribution >= 0.6 is 0 Å². The van der Waals surface area contributed by atoms with E-state index in [9.17, 15) is 39.7 Å². The highest BCUT2D eigenvalue weighted by Crippen LogP contribution is 2.31. The van der Waals surface area contributed by atoms with Crippen LogP contribution in [0.4, 0.5) is 17.1 Å². The molecule has 0 saturated carbocycles. The van der Waals surface area contributed by atoms with Crippen LogP contribution in [0.1, 0.15) is 58.8 Å². The summed E-state index contributed by atoms with van der Waals surface area (Å²) in [6.07, 6.45) is 0. The number of phenolic OH excluding ortho intramolecular Hbond substituents is 1. The van der Waals surface area contributed by atoms with E-state index >= 15 is 0 Å². The Bertz CT molecular complexity index is 1570. The van der Waals surface area contributed by atoms with Crippen molar-refractivity contribution in [3.8, 4) is 17.2 Å². The molecule has 0 aliphatic heterocycles. The number of hydrogen-bond acceptors (Lipinski definition) is 11. The number of phenols is 1. The van der Waals surface area contributed by atoms with Crippen LogP contribution in [0.3, 0.4) is 0 Å². The monoisotopic (exact) mass is 627 g/mol. The van der Waals surface area contributed by atoms with E-state index in [0.29, 0.717) is 13.2 Å². The molecule has 45 heavy (non-hydrogen) atoms. The molecule has 0 radical (unpaired) electrons. The predicted octanol–water partition coefficient (Wildman–Crippen LogP) is 5.70. The van der Waals surface area contributed by atoms with E-state index in [2.05, 4.69) is 10.1 Å². The number of hydrogen-bond donors (Lipinski definition) is 3. The number of nitro groups is 2. The van der Waals surface area contributed by atoms with Crippen molar-refractivity contribution in [2.24, 2.45) is 11.8 Å². The Morgan fingerprint density at radius 2 is 1.31 bits per heavy atom. The third kappa shape index (κ3) is 10.2. The smallest absolute Gasteiger partial charge is 0.341 e. The van der Waals surface area contributed by atoms with Gasteiger partial charge in [0.1, 0.15) is 5.56 Å². The number of ether oxygens (including phenoxy) is 3. The Labute approximate surface area is 257 Å². The van der Waals surface area contributed by atoms with Crippen LogP contribution in [0.15, 0.2) is 54.6 Å². The third-order valence-electron chi connectivity index (χ3n) is 5.65. The fourth-order valence-electron chi connectivity index (χ4n) is 3.46. The van der Waals surface area contributed by atoms with Gasteiger partial charge >= 0.3 is 23.3 Å². The Hall–Kier alpha value is -5.73. The topological polar surface area (TPSA) is 218 Å². The number of esters is 1. The van der Waals surface area contributed by atoms with Gasteiger partial charge in [0.15, 0.2) is 17.2 Å². The van der Waals surface area contributed by atoms with Gasteiger partial charge in [0, 0.05) is 17.7 Å². The summed E-state index contributed by atoms with van der Waals surface area (Å²) in [7, 11) is 1.16. The Kier molecular flexibility index (Phi) is 12.8. The number of carboxylic acid groups (broad SMARTS) is 1. The van der Waals surface area contributed by atoms with Crippen molar-refractivity contribution in [1.82, 2.24) is 0 Å². The second kappa shape index (κ2) is 16.2. The summed E-state index contributed by atoms with van der Waals surface area (Å²) in [4.78, 5) is 55.6. The van der Waals surface area contributed by atoms with E-state index in [1.54, 1.807) is 0 Å². The van der Waals surface area contributed by atoms with E-state index in [-0.39, 0.29) is 57.1 Å². The SMILES string of the molecule is CC(C)COc1ccc(C(=O)O)cc1[N+](=O)[O-].COC(=O)c1cccc(NC(=O)c2ccc(OCC(C)C)c([N+](=O)[O-])c2)c1O. The van der Waals surface area contributed by atoms with Gasteiger partial charge in [-0.2, -0.15) is 0 Å². The maximum Gasteiger partial charge on any atom is 0.341 e. The van der Waals surface area contributed by atoms with Crippen LogP contribution in [0, 0.1) is 32.1 Å². The molecule has 0 fully saturated rings. The van der Waals surface area contributed by atoms with Crippen molar-refractivity contribution in [3.63, 3.8) is 0 Å². The Morgan fingerprint density at radius 3 is 1.76 bits per heavy atom. The zero-order chi connectivity index (χ0) is 33.8. The van der Waals surface area contributed by atoms with Gasteiger partial charge in [-0.3, -0.25) is 25.0 Å². The lowest BCUT2D eigenvalue weighted by molar-refractivity contribution is -0.386. The van der Waals surface area contributed by atoms with Crippen LogP contribution in [-0.2, 0) is 4.74 Å². The number of benzene rings is 3. The van der Waals surface area contributed by atoms with E-state index in [0.717, 1.165) is 19.2 Å². The second-order valence-electron chi connectivity index (χ2n) is 10.2. The fraction of sp³-hybridized carbons (Fsp3) is 0.300. The van der Waals surface area contributed by atoms with Gasteiger partial charge < -0.3 is 29.7 Å². The molecular formula is C30H33N3O12. The minimum atomic E-state index is -1.21. The molecule has 1 amide bonds. The van der Waals surface area contributed by atoms with Gasteiger partial charge in [0.25, 0.3) is 5.91 Å². The van der Waals surface area contributed by atoms with Crippen LogP contribution < -0.4 is 14.8 Å². The predicted molar refractivity (Wildman–Crippen MR) is 161 cm³/mol. The standard InChI is InChI=1S/C19H20N2O7.C11H13NO5/c1-11(2)10-28-16-8-7-12(9-15(16)21(25)26)18(23)20-14-6-4-5-13(17(14)22)19(24)27-3;1-7(2)6-17-10-4-3-8(11(13)14)5-9(10)12(15)16/h4-9,11,22H,10H2,1-3H3,(H,20,23);3-5,7H,6H2,1-2H3,(H,13,14). The lowest BCUT2D eigenvalue weighted by Crippen LogP contribution is -2.14. The number of carboxylic acids is 1. The molecule has 0 heterocycles. The summed E-state index contributed by atoms with van der Waals surface area (Å²) in [5.74, 6) is -2.58. The number of nitrogens with one attached hydrogen (secondary N) is 1. The molecule has 0 saturated heterocycles. The summed E-state index contributed by atoms with van der Waals surface area (Å²) < 4.78 is 15.2. The summed E-state index contributed by atoms with van der Waals surface area (Å²) in [5, 5.41) is 43.4. The van der Waals surface area contributed by atoms with E-state index in [4.69, 9.17) is 14.6 Å². The largest absolute Gasteiger partial charge is 0.505 e. The maximum absolute atomic E-state index is 12.5. The molecule has 0 unspecified atom stereocenters. The molecule has 0 atom stereocenters. The maximum atomic E-state index is 12.5. The first kappa shape index (κ1) is 35.5. The molecule has 0 aliphatic rings. The van der Waals surface area contributed by atoms with E-state index in [1.165, 1.54) is 42.5 Å². The quantitative estimate of drug-likeness (QED) is 0.0953. The number of carbonyl (C=O) groups excluding carboxylic acids is 2. The number of carbonyl (C=O) groups is 3. The number of methoxy groups -OCH3 is 1. The molecule has 3 rings (SSSR count). The number of anilines is 1. The average molecular weight is 628 g/mol. The van der Waals surface area contributed by atoms with Crippen LogP contribution in [0.5, 0.6) is 17.2 Å². The molecule has 15 nitrogen and oxygen atoms in total. The summed E-state index contributed by atoms with van der Waals surface area (Å²) in [5.41, 5.74) is -0.967. The molecule has 0 aromatic heterocycles. The molecule has 3 aromatic rings. The lowest BCUT2D eigenvalue weighted by Gasteiger charge is -2.12. The fourth-order valence-corrected chi connectivity index (χ4v) is 3.46. The van der Waals surface area contributed by atoms with Crippen molar-refractivity contribution in [1.29, 1.82) is 0 Å². The number of para-hydroxylation sites is 1. The number of amides is 1. The summed E-state index contributed by atoms with van der Waals surface area (Å²) in [6, 6.07) is 11.6. The first-order chi connectivity index (χ1) is 21.2. The molecule has 15 heteroatoms. The number of rotatable bonds is 12. The number of nitro benzene ring substituents is 2. The zero-order valence-electron chi connectivity index (χ0n) is 25.1. The zero-order valence-corrected chi connectivity index (χ0v) is 25.1. The molecule has 3 N–H and O–H groups in total. The Balaban J connectivity index is 0.000000355. The van der Waals surface area contributed by atoms with Crippen molar-refractivity contribution >= 4 is 34.9 Å². The Morgan fingerprint density at radius 1 is 0.822 bits per heavy atom. The normalized spacial score (nSPS) is 10.4. The summed E-state index contributed by atoms with van der Waals surface area (Å²) >= 11 is 0. The van der Waals surface area contributed by atoms with Crippen LogP contribution in [0.2, 0.25) is 0 Å². The number of aromatic carboxylic acids is 1. The molecular weight excluding hydrogens is 594 g/mol. The van der Waals surface area contributed by atoms with Gasteiger partial charge in [0.05, 0.1) is 41.4 Å². The molecule has 0 spiro atoms. The minimum absolute atomic E-state index is 0.00790. The van der Waals surface area contributed by atoms with Gasteiger partial charge in [-0.1, -0.05) is 33.8 Å². The van der Waals surface area contributed by atoms with Gasteiger partial charge in [-0.25, -0.2) is 9.59 Å². The second-order valence-corrected chi connectivity index (χ2v) is 10.2. The van der Waals surface area contributed by atoms with E-state index in [1.807, 2.05) is 27.7 Å². The van der Waals surface area contributed by atoms with Gasteiger partial charge in [-0.15, -0.1) is 0 Å². The van der Waals surface area contributed by atoms with Crippen LogP contribution in [-0.4, -0.2) is 58.2 Å². The summed E-state index contributed by atoms with van der Waals surface area (Å²) in [6.45, 7) is 8.27. The lowest BCUT2D eigenvalue weighted by atomic mass is 10.1. The molecule has 0 bridgehead atoms. The molecule has 0 aliphatic carbocycles. The highest BCUT2D eigenvalue weighted by Gasteiger charge is 2.22. The van der Waals surface area contributed by atoms with Crippen molar-refractivity contribution < 1.29 is 48.7 Å². The van der Waals surface area contributed by atoms with Crippen molar-refractivity contribution in [2.45, 2.75) is 27.7 Å². The first-order valence-corrected chi connectivity index (χ1v) is 13.4. The minimum Gasteiger partial charge on any atom is -0.505 e. The highest BCUT2D eigenvalue weighted by atomic mass is 16.6. The van der Waals surface area contributed by atoms with Gasteiger partial charge in [-0.05, 0) is 48.2 Å². The van der Waals surface area contributed by atoms with Crippen molar-refractivity contribution in [3.05, 3.63) is 91.5 Å².